The summed E-state index contributed by atoms with van der Waals surface area (Å²) in [5.74, 6) is -0.710. The summed E-state index contributed by atoms with van der Waals surface area (Å²) in [7, 11) is 0. The number of benzene rings is 1. The van der Waals surface area contributed by atoms with Crippen molar-refractivity contribution in [2.75, 3.05) is 13.1 Å². The zero-order valence-corrected chi connectivity index (χ0v) is 22.6. The van der Waals surface area contributed by atoms with Crippen LogP contribution in [0.4, 0.5) is 4.79 Å². The van der Waals surface area contributed by atoms with Gasteiger partial charge < -0.3 is 20.3 Å². The minimum Gasteiger partial charge on any atom is -0.444 e. The molecule has 192 valence electrons. The highest BCUT2D eigenvalue weighted by Crippen LogP contribution is 2.27. The standard InChI is InChI=1S/C27H45N3O4/c1-10-12-13-16-28-24(31)23(21-17-19(5)14-15-20(21)6)30(11-2)25(32)22(18(3)4)29-26(33)34-27(7,8)9/h14-15,17-18,22-23H,10-13,16H2,1-9H3,(H,28,31)(H,29,33). The summed E-state index contributed by atoms with van der Waals surface area (Å²) in [6.45, 7) is 17.8. The number of aryl methyl sites for hydroxylation is 2. The van der Waals surface area contributed by atoms with E-state index in [9.17, 15) is 14.4 Å². The van der Waals surface area contributed by atoms with Gasteiger partial charge in [0.05, 0.1) is 0 Å². The van der Waals surface area contributed by atoms with Gasteiger partial charge in [0.15, 0.2) is 0 Å². The number of amides is 3. The van der Waals surface area contributed by atoms with Crippen molar-refractivity contribution < 1.29 is 19.1 Å². The molecule has 0 saturated heterocycles. The second-order valence-electron chi connectivity index (χ2n) is 10.3. The first kappa shape index (κ1) is 29.5. The Morgan fingerprint density at radius 2 is 1.71 bits per heavy atom. The maximum atomic E-state index is 13.8. The highest BCUT2D eigenvalue weighted by Gasteiger charge is 2.37. The number of nitrogens with zero attached hydrogens (tertiary/aromatic N) is 1. The normalized spacial score (nSPS) is 13.2. The molecule has 2 unspecified atom stereocenters. The van der Waals surface area contributed by atoms with E-state index >= 15 is 0 Å². The summed E-state index contributed by atoms with van der Waals surface area (Å²) < 4.78 is 5.39. The molecule has 0 saturated carbocycles. The van der Waals surface area contributed by atoms with Gasteiger partial charge in [-0.05, 0) is 65.0 Å². The van der Waals surface area contributed by atoms with Gasteiger partial charge in [-0.3, -0.25) is 9.59 Å². The molecule has 0 radical (unpaired) electrons. The number of unbranched alkanes of at least 4 members (excludes halogenated alkanes) is 2. The third-order valence-corrected chi connectivity index (χ3v) is 5.60. The van der Waals surface area contributed by atoms with Crippen LogP contribution in [0.1, 0.15) is 90.5 Å². The number of ether oxygens (including phenoxy) is 1. The van der Waals surface area contributed by atoms with Gasteiger partial charge in [-0.1, -0.05) is 57.4 Å². The molecule has 2 atom stereocenters. The zero-order valence-electron chi connectivity index (χ0n) is 22.6. The first-order chi connectivity index (χ1) is 15.8. The Morgan fingerprint density at radius 3 is 2.24 bits per heavy atom. The second-order valence-corrected chi connectivity index (χ2v) is 10.3. The van der Waals surface area contributed by atoms with Crippen molar-refractivity contribution in [3.05, 3.63) is 34.9 Å². The third kappa shape index (κ3) is 8.99. The van der Waals surface area contributed by atoms with Crippen LogP contribution in [0.2, 0.25) is 0 Å². The van der Waals surface area contributed by atoms with Gasteiger partial charge >= 0.3 is 6.09 Å². The van der Waals surface area contributed by atoms with E-state index in [0.717, 1.165) is 36.0 Å². The molecule has 0 aliphatic carbocycles. The molecule has 1 rings (SSSR count). The van der Waals surface area contributed by atoms with Gasteiger partial charge in [-0.2, -0.15) is 0 Å². The van der Waals surface area contributed by atoms with Crippen molar-refractivity contribution in [1.82, 2.24) is 15.5 Å². The maximum Gasteiger partial charge on any atom is 0.408 e. The van der Waals surface area contributed by atoms with Crippen molar-refractivity contribution in [3.63, 3.8) is 0 Å². The minimum atomic E-state index is -0.824. The molecule has 0 spiro atoms. The number of carbonyl (C=O) groups excluding carboxylic acids is 3. The van der Waals surface area contributed by atoms with E-state index in [4.69, 9.17) is 4.74 Å². The van der Waals surface area contributed by atoms with Crippen LogP contribution in [-0.4, -0.2) is 47.5 Å². The lowest BCUT2D eigenvalue weighted by Gasteiger charge is -2.35. The van der Waals surface area contributed by atoms with Crippen LogP contribution in [-0.2, 0) is 14.3 Å². The summed E-state index contributed by atoms with van der Waals surface area (Å²) in [6.07, 6.45) is 2.32. The average Bonchev–Trinajstić information content (AvgIpc) is 2.73. The zero-order chi connectivity index (χ0) is 26.1. The molecular weight excluding hydrogens is 430 g/mol. The number of rotatable bonds is 11. The van der Waals surface area contributed by atoms with Crippen molar-refractivity contribution in [2.24, 2.45) is 5.92 Å². The summed E-state index contributed by atoms with van der Waals surface area (Å²) in [5, 5.41) is 5.76. The molecule has 1 aromatic rings. The Labute approximate surface area is 206 Å². The number of nitrogens with one attached hydrogen (secondary N) is 2. The summed E-state index contributed by atoms with van der Waals surface area (Å²) in [4.78, 5) is 41.3. The van der Waals surface area contributed by atoms with Crippen molar-refractivity contribution >= 4 is 17.9 Å². The molecule has 0 heterocycles. The van der Waals surface area contributed by atoms with Crippen molar-refractivity contribution in [3.8, 4) is 0 Å². The molecular formula is C27H45N3O4. The van der Waals surface area contributed by atoms with Crippen LogP contribution < -0.4 is 10.6 Å². The SMILES string of the molecule is CCCCCNC(=O)C(c1cc(C)ccc1C)N(CC)C(=O)C(NC(=O)OC(C)(C)C)C(C)C. The highest BCUT2D eigenvalue weighted by molar-refractivity contribution is 5.92. The monoisotopic (exact) mass is 475 g/mol. The highest BCUT2D eigenvalue weighted by atomic mass is 16.6. The Balaban J connectivity index is 3.34. The molecule has 7 heteroatoms. The van der Waals surface area contributed by atoms with Gasteiger partial charge in [0.1, 0.15) is 17.7 Å². The minimum absolute atomic E-state index is 0.194. The van der Waals surface area contributed by atoms with Crippen LogP contribution in [0.5, 0.6) is 0 Å². The Morgan fingerprint density at radius 1 is 1.06 bits per heavy atom. The van der Waals surface area contributed by atoms with E-state index in [2.05, 4.69) is 17.6 Å². The lowest BCUT2D eigenvalue weighted by molar-refractivity contribution is -0.143. The van der Waals surface area contributed by atoms with E-state index in [1.807, 2.05) is 52.8 Å². The first-order valence-electron chi connectivity index (χ1n) is 12.5. The molecule has 3 amide bonds. The van der Waals surface area contributed by atoms with Crippen LogP contribution in [0.3, 0.4) is 0 Å². The molecule has 34 heavy (non-hydrogen) atoms. The number of likely N-dealkylation sites (N-methyl/N-ethyl adjacent to an activating group) is 1. The van der Waals surface area contributed by atoms with E-state index in [1.165, 1.54) is 0 Å². The maximum absolute atomic E-state index is 13.8. The second kappa shape index (κ2) is 13.4. The number of carbonyl (C=O) groups is 3. The van der Waals surface area contributed by atoms with Gasteiger partial charge in [-0.15, -0.1) is 0 Å². The molecule has 0 aromatic heterocycles. The first-order valence-corrected chi connectivity index (χ1v) is 12.5. The number of alkyl carbamates (subject to hydrolysis) is 1. The fraction of sp³-hybridized carbons (Fsp3) is 0.667. The fourth-order valence-corrected chi connectivity index (χ4v) is 3.78. The van der Waals surface area contributed by atoms with E-state index in [0.29, 0.717) is 13.1 Å². The molecule has 2 N–H and O–H groups in total. The Kier molecular flexibility index (Phi) is 11.6. The molecule has 0 fully saturated rings. The summed E-state index contributed by atoms with van der Waals surface area (Å²) in [6, 6.07) is 4.32. The van der Waals surface area contributed by atoms with E-state index < -0.39 is 23.8 Å². The van der Waals surface area contributed by atoms with Crippen LogP contribution in [0.25, 0.3) is 0 Å². The lowest BCUT2D eigenvalue weighted by Crippen LogP contribution is -2.55. The Hall–Kier alpha value is -2.57. The van der Waals surface area contributed by atoms with E-state index in [-0.39, 0.29) is 17.7 Å². The van der Waals surface area contributed by atoms with E-state index in [1.54, 1.807) is 25.7 Å². The molecule has 7 nitrogen and oxygen atoms in total. The van der Waals surface area contributed by atoms with Gasteiger partial charge in [-0.25, -0.2) is 4.79 Å². The van der Waals surface area contributed by atoms with Gasteiger partial charge in [0.25, 0.3) is 0 Å². The van der Waals surface area contributed by atoms with Gasteiger partial charge in [0, 0.05) is 13.1 Å². The molecule has 0 bridgehead atoms. The predicted octanol–water partition coefficient (Wildman–Crippen LogP) is 5.05. The smallest absolute Gasteiger partial charge is 0.408 e. The molecule has 0 aliphatic heterocycles. The fourth-order valence-electron chi connectivity index (χ4n) is 3.78. The Bertz CT molecular complexity index is 830. The summed E-state index contributed by atoms with van der Waals surface area (Å²) in [5.41, 5.74) is 2.06. The van der Waals surface area contributed by atoms with Crippen molar-refractivity contribution in [1.29, 1.82) is 0 Å². The lowest BCUT2D eigenvalue weighted by atomic mass is 9.95. The van der Waals surface area contributed by atoms with Gasteiger partial charge in [0.2, 0.25) is 11.8 Å². The molecule has 1 aromatic carbocycles. The largest absolute Gasteiger partial charge is 0.444 e. The quantitative estimate of drug-likeness (QED) is 0.439. The number of hydrogen-bond acceptors (Lipinski definition) is 4. The van der Waals surface area contributed by atoms with Crippen molar-refractivity contribution in [2.45, 2.75) is 99.3 Å². The topological polar surface area (TPSA) is 87.7 Å². The van der Waals surface area contributed by atoms with Crippen LogP contribution in [0.15, 0.2) is 18.2 Å². The average molecular weight is 476 g/mol. The summed E-state index contributed by atoms with van der Waals surface area (Å²) >= 11 is 0. The van der Waals surface area contributed by atoms with Crippen LogP contribution in [0, 0.1) is 19.8 Å². The predicted molar refractivity (Wildman–Crippen MR) is 137 cm³/mol. The third-order valence-electron chi connectivity index (χ3n) is 5.60. The molecule has 0 aliphatic rings. The number of hydrogen-bond donors (Lipinski definition) is 2. The van der Waals surface area contributed by atoms with Crippen LogP contribution >= 0.6 is 0 Å².